The number of nitrogens with one attached hydrogen (secondary N) is 1. The van der Waals surface area contributed by atoms with Crippen LogP contribution in [-0.2, 0) is 30.5 Å². The van der Waals surface area contributed by atoms with Gasteiger partial charge in [-0.3, -0.25) is 4.79 Å². The lowest BCUT2D eigenvalue weighted by Crippen LogP contribution is -2.26. The van der Waals surface area contributed by atoms with Gasteiger partial charge in [0.05, 0.1) is 17.1 Å². The van der Waals surface area contributed by atoms with Crippen molar-refractivity contribution in [2.75, 3.05) is 6.54 Å². The largest absolute Gasteiger partial charge is 0.355 e. The minimum Gasteiger partial charge on any atom is -0.355 e. The van der Waals surface area contributed by atoms with Crippen molar-refractivity contribution >= 4 is 28.6 Å². The molecule has 1 aliphatic carbocycles. The highest BCUT2D eigenvalue weighted by atomic mass is 32.1. The second-order valence-electron chi connectivity index (χ2n) is 5.47. The first-order valence-electron chi connectivity index (χ1n) is 7.50. The van der Waals surface area contributed by atoms with Gasteiger partial charge in [-0.25, -0.2) is 4.98 Å². The Balaban J connectivity index is 1.45. The maximum Gasteiger partial charge on any atom is 0.225 e. The summed E-state index contributed by atoms with van der Waals surface area (Å²) in [7, 11) is 0. The Labute approximate surface area is 133 Å². The highest BCUT2D eigenvalue weighted by Crippen LogP contribution is 2.26. The minimum atomic E-state index is 0.109. The third kappa shape index (κ3) is 3.92. The molecule has 0 saturated heterocycles. The van der Waals surface area contributed by atoms with E-state index < -0.39 is 0 Å². The van der Waals surface area contributed by atoms with Gasteiger partial charge in [0.25, 0.3) is 0 Å². The highest BCUT2D eigenvalue weighted by Gasteiger charge is 2.15. The Kier molecular flexibility index (Phi) is 4.70. The monoisotopic (exact) mass is 320 g/mol. The van der Waals surface area contributed by atoms with Gasteiger partial charge in [0.15, 0.2) is 0 Å². The van der Waals surface area contributed by atoms with Gasteiger partial charge in [-0.05, 0) is 44.7 Å². The Morgan fingerprint density at radius 3 is 2.90 bits per heavy atom. The van der Waals surface area contributed by atoms with Crippen LogP contribution in [0.2, 0.25) is 0 Å². The average molecular weight is 320 g/mol. The Morgan fingerprint density at radius 2 is 2.14 bits per heavy atom. The molecule has 3 nitrogen and oxygen atoms in total. The van der Waals surface area contributed by atoms with Crippen molar-refractivity contribution in [2.45, 2.75) is 45.4 Å². The van der Waals surface area contributed by atoms with Crippen LogP contribution in [0.4, 0.5) is 0 Å². The predicted molar refractivity (Wildman–Crippen MR) is 88.2 cm³/mol. The van der Waals surface area contributed by atoms with E-state index >= 15 is 0 Å². The number of rotatable bonds is 5. The van der Waals surface area contributed by atoms with E-state index in [1.54, 1.807) is 11.3 Å². The van der Waals surface area contributed by atoms with Crippen molar-refractivity contribution in [1.82, 2.24) is 10.3 Å². The molecule has 21 heavy (non-hydrogen) atoms. The molecule has 5 heteroatoms. The lowest BCUT2D eigenvalue weighted by molar-refractivity contribution is -0.120. The number of nitrogens with zero attached hydrogens (tertiary/aromatic N) is 1. The standard InChI is InChI=1S/C16H20N2OS2/c1-11-6-7-12(20-11)10-15(19)17-9-8-16-18-13-4-2-3-5-14(13)21-16/h6-7H,2-5,8-10H2,1H3,(H,17,19). The van der Waals surface area contributed by atoms with Crippen LogP contribution in [-0.4, -0.2) is 17.4 Å². The van der Waals surface area contributed by atoms with E-state index in [1.807, 2.05) is 17.4 Å². The molecule has 0 aliphatic heterocycles. The summed E-state index contributed by atoms with van der Waals surface area (Å²) >= 11 is 3.53. The van der Waals surface area contributed by atoms with Crippen LogP contribution < -0.4 is 5.32 Å². The summed E-state index contributed by atoms with van der Waals surface area (Å²) in [4.78, 5) is 20.4. The van der Waals surface area contributed by atoms with Crippen molar-refractivity contribution < 1.29 is 4.79 Å². The van der Waals surface area contributed by atoms with Crippen molar-refractivity contribution in [3.63, 3.8) is 0 Å². The van der Waals surface area contributed by atoms with E-state index in [9.17, 15) is 4.79 Å². The molecule has 2 aromatic heterocycles. The van der Waals surface area contributed by atoms with E-state index in [0.29, 0.717) is 13.0 Å². The van der Waals surface area contributed by atoms with E-state index in [2.05, 4.69) is 18.3 Å². The molecule has 0 radical (unpaired) electrons. The summed E-state index contributed by atoms with van der Waals surface area (Å²) in [5.74, 6) is 0.109. The molecular weight excluding hydrogens is 300 g/mol. The number of hydrogen-bond donors (Lipinski definition) is 1. The third-order valence-electron chi connectivity index (χ3n) is 3.68. The molecule has 1 N–H and O–H groups in total. The van der Waals surface area contributed by atoms with E-state index in [1.165, 1.54) is 39.7 Å². The van der Waals surface area contributed by atoms with Gasteiger partial charge in [-0.15, -0.1) is 22.7 Å². The van der Waals surface area contributed by atoms with Gasteiger partial charge in [-0.1, -0.05) is 0 Å². The topological polar surface area (TPSA) is 42.0 Å². The minimum absolute atomic E-state index is 0.109. The van der Waals surface area contributed by atoms with Gasteiger partial charge in [0, 0.05) is 27.6 Å². The van der Waals surface area contributed by atoms with Crippen molar-refractivity contribution in [3.05, 3.63) is 37.5 Å². The zero-order chi connectivity index (χ0) is 14.7. The van der Waals surface area contributed by atoms with Crippen LogP contribution in [0.3, 0.4) is 0 Å². The second kappa shape index (κ2) is 6.71. The summed E-state index contributed by atoms with van der Waals surface area (Å²) in [5, 5.41) is 4.18. The third-order valence-corrected chi connectivity index (χ3v) is 5.90. The van der Waals surface area contributed by atoms with Crippen molar-refractivity contribution in [2.24, 2.45) is 0 Å². The van der Waals surface area contributed by atoms with Crippen molar-refractivity contribution in [3.8, 4) is 0 Å². The first kappa shape index (κ1) is 14.7. The number of thiophene rings is 1. The normalized spacial score (nSPS) is 14.0. The zero-order valence-corrected chi connectivity index (χ0v) is 13.9. The quantitative estimate of drug-likeness (QED) is 0.918. The number of carbonyl (C=O) groups excluding carboxylic acids is 1. The van der Waals surface area contributed by atoms with E-state index in [0.717, 1.165) is 17.7 Å². The number of thiazole rings is 1. The molecule has 112 valence electrons. The van der Waals surface area contributed by atoms with Crippen LogP contribution in [0.5, 0.6) is 0 Å². The van der Waals surface area contributed by atoms with Crippen LogP contribution in [0.1, 0.15) is 38.2 Å². The molecular formula is C16H20N2OS2. The van der Waals surface area contributed by atoms with Gasteiger partial charge >= 0.3 is 0 Å². The van der Waals surface area contributed by atoms with E-state index in [-0.39, 0.29) is 5.91 Å². The molecule has 0 fully saturated rings. The van der Waals surface area contributed by atoms with Gasteiger partial charge in [0.1, 0.15) is 0 Å². The molecule has 0 aromatic carbocycles. The molecule has 0 saturated carbocycles. The SMILES string of the molecule is Cc1ccc(CC(=O)NCCc2nc3c(s2)CCCC3)s1. The maximum absolute atomic E-state index is 11.9. The zero-order valence-electron chi connectivity index (χ0n) is 12.3. The van der Waals surface area contributed by atoms with E-state index in [4.69, 9.17) is 4.98 Å². The lowest BCUT2D eigenvalue weighted by Gasteiger charge is -2.06. The van der Waals surface area contributed by atoms with Crippen LogP contribution in [0, 0.1) is 6.92 Å². The van der Waals surface area contributed by atoms with Crippen LogP contribution in [0.15, 0.2) is 12.1 Å². The lowest BCUT2D eigenvalue weighted by atomic mass is 10.0. The molecule has 2 aromatic rings. The molecule has 2 heterocycles. The molecule has 0 atom stereocenters. The highest BCUT2D eigenvalue weighted by molar-refractivity contribution is 7.12. The fourth-order valence-electron chi connectivity index (χ4n) is 2.62. The summed E-state index contributed by atoms with van der Waals surface area (Å²) in [6, 6.07) is 4.10. The number of fused-ring (bicyclic) bond motifs is 1. The number of aromatic nitrogens is 1. The first-order chi connectivity index (χ1) is 10.2. The van der Waals surface area contributed by atoms with Gasteiger partial charge in [-0.2, -0.15) is 0 Å². The average Bonchev–Trinajstić information content (AvgIpc) is 3.04. The summed E-state index contributed by atoms with van der Waals surface area (Å²) in [5.41, 5.74) is 1.31. The smallest absolute Gasteiger partial charge is 0.225 e. The molecule has 1 amide bonds. The molecule has 3 rings (SSSR count). The molecule has 0 spiro atoms. The number of hydrogen-bond acceptors (Lipinski definition) is 4. The summed E-state index contributed by atoms with van der Waals surface area (Å²) < 4.78 is 0. The Bertz CT molecular complexity index is 607. The fourth-order valence-corrected chi connectivity index (χ4v) is 4.67. The Morgan fingerprint density at radius 1 is 1.29 bits per heavy atom. The fraction of sp³-hybridized carbons (Fsp3) is 0.500. The van der Waals surface area contributed by atoms with Gasteiger partial charge < -0.3 is 5.32 Å². The Hall–Kier alpha value is -1.20. The van der Waals surface area contributed by atoms with Crippen LogP contribution in [0.25, 0.3) is 0 Å². The number of aryl methyl sites for hydroxylation is 3. The predicted octanol–water partition coefficient (Wildman–Crippen LogP) is 3.29. The summed E-state index contributed by atoms with van der Waals surface area (Å²) in [6.07, 6.45) is 6.24. The van der Waals surface area contributed by atoms with Crippen LogP contribution >= 0.6 is 22.7 Å². The van der Waals surface area contributed by atoms with Gasteiger partial charge in [0.2, 0.25) is 5.91 Å². The molecule has 1 aliphatic rings. The molecule has 0 unspecified atom stereocenters. The number of amides is 1. The van der Waals surface area contributed by atoms with Crippen molar-refractivity contribution in [1.29, 1.82) is 0 Å². The second-order valence-corrected chi connectivity index (χ2v) is 8.01. The maximum atomic E-state index is 11.9. The summed E-state index contributed by atoms with van der Waals surface area (Å²) in [6.45, 7) is 2.76. The molecule has 0 bridgehead atoms. The number of carbonyl (C=O) groups is 1. The first-order valence-corrected chi connectivity index (χ1v) is 9.13.